The summed E-state index contributed by atoms with van der Waals surface area (Å²) < 4.78 is 1.74. The Morgan fingerprint density at radius 2 is 1.84 bits per heavy atom. The van der Waals surface area contributed by atoms with Crippen molar-refractivity contribution in [3.05, 3.63) is 53.9 Å². The van der Waals surface area contributed by atoms with Crippen LogP contribution in [-0.4, -0.2) is 19.8 Å². The van der Waals surface area contributed by atoms with Crippen molar-refractivity contribution in [3.8, 4) is 0 Å². The van der Waals surface area contributed by atoms with Gasteiger partial charge in [0.25, 0.3) is 0 Å². The molecule has 0 saturated heterocycles. The van der Waals surface area contributed by atoms with Crippen LogP contribution < -0.4 is 5.32 Å². The van der Waals surface area contributed by atoms with Crippen LogP contribution in [-0.2, 0) is 0 Å². The summed E-state index contributed by atoms with van der Waals surface area (Å²) in [5.41, 5.74) is 1.99. The van der Waals surface area contributed by atoms with Crippen molar-refractivity contribution in [2.24, 2.45) is 0 Å². The van der Waals surface area contributed by atoms with E-state index in [0.717, 1.165) is 17.3 Å². The predicted octanol–water partition coefficient (Wildman–Crippen LogP) is 2.61. The van der Waals surface area contributed by atoms with Crippen molar-refractivity contribution in [1.82, 2.24) is 19.8 Å². The first-order valence-corrected chi connectivity index (χ1v) is 6.24. The Morgan fingerprint density at radius 3 is 2.63 bits per heavy atom. The van der Waals surface area contributed by atoms with Crippen LogP contribution in [0.15, 0.2) is 42.5 Å². The maximum Gasteiger partial charge on any atom is 0.178 e. The van der Waals surface area contributed by atoms with Crippen LogP contribution in [0.1, 0.15) is 24.4 Å². The molecule has 0 saturated carbocycles. The Hall–Kier alpha value is -2.43. The summed E-state index contributed by atoms with van der Waals surface area (Å²) in [4.78, 5) is 0. The minimum atomic E-state index is 0.197. The van der Waals surface area contributed by atoms with Crippen molar-refractivity contribution < 1.29 is 0 Å². The normalized spacial score (nSPS) is 12.5. The zero-order chi connectivity index (χ0) is 13.2. The van der Waals surface area contributed by atoms with Crippen molar-refractivity contribution in [3.63, 3.8) is 0 Å². The lowest BCUT2D eigenvalue weighted by atomic mass is 10.1. The molecule has 0 bridgehead atoms. The molecule has 0 fully saturated rings. The quantitative estimate of drug-likeness (QED) is 0.779. The first kappa shape index (κ1) is 11.6. The third-order valence-electron chi connectivity index (χ3n) is 3.08. The van der Waals surface area contributed by atoms with Crippen LogP contribution in [0, 0.1) is 6.92 Å². The average Bonchev–Trinajstić information content (AvgIpc) is 2.81. The van der Waals surface area contributed by atoms with E-state index in [0.29, 0.717) is 0 Å². The van der Waals surface area contributed by atoms with Gasteiger partial charge in [0.15, 0.2) is 11.5 Å². The molecule has 5 nitrogen and oxygen atoms in total. The third-order valence-corrected chi connectivity index (χ3v) is 3.08. The second-order valence-electron chi connectivity index (χ2n) is 4.51. The van der Waals surface area contributed by atoms with Crippen LogP contribution in [0.3, 0.4) is 0 Å². The van der Waals surface area contributed by atoms with Gasteiger partial charge < -0.3 is 5.32 Å². The van der Waals surface area contributed by atoms with E-state index < -0.39 is 0 Å². The van der Waals surface area contributed by atoms with Crippen molar-refractivity contribution in [2.45, 2.75) is 19.9 Å². The Balaban J connectivity index is 1.87. The predicted molar refractivity (Wildman–Crippen MR) is 74.0 cm³/mol. The Bertz CT molecular complexity index is 689. The molecule has 3 rings (SSSR count). The number of nitrogens with one attached hydrogen (secondary N) is 1. The zero-order valence-electron chi connectivity index (χ0n) is 10.9. The smallest absolute Gasteiger partial charge is 0.178 e. The molecule has 2 heterocycles. The number of hydrogen-bond donors (Lipinski definition) is 1. The van der Waals surface area contributed by atoms with Gasteiger partial charge in [-0.2, -0.15) is 4.52 Å². The summed E-state index contributed by atoms with van der Waals surface area (Å²) >= 11 is 0. The topological polar surface area (TPSA) is 55.1 Å². The number of fused-ring (bicyclic) bond motifs is 1. The van der Waals surface area contributed by atoms with E-state index in [2.05, 4.69) is 39.7 Å². The maximum atomic E-state index is 4.48. The fraction of sp³-hybridized carbons (Fsp3) is 0.214. The monoisotopic (exact) mass is 253 g/mol. The molecule has 0 aliphatic rings. The summed E-state index contributed by atoms with van der Waals surface area (Å²) in [6, 6.07) is 14.3. The van der Waals surface area contributed by atoms with Crippen LogP contribution in [0.5, 0.6) is 0 Å². The van der Waals surface area contributed by atoms with E-state index >= 15 is 0 Å². The molecule has 19 heavy (non-hydrogen) atoms. The van der Waals surface area contributed by atoms with E-state index in [1.807, 2.05) is 37.3 Å². The molecule has 0 radical (unpaired) electrons. The lowest BCUT2D eigenvalue weighted by Crippen LogP contribution is -2.09. The molecule has 96 valence electrons. The van der Waals surface area contributed by atoms with Crippen LogP contribution in [0.25, 0.3) is 5.65 Å². The first-order chi connectivity index (χ1) is 9.24. The number of benzene rings is 1. The Kier molecular flexibility index (Phi) is 2.87. The SMILES string of the molecule is Cc1nnc2ccc(N[C@@H](C)c3ccccc3)nn12. The summed E-state index contributed by atoms with van der Waals surface area (Å²) in [7, 11) is 0. The van der Waals surface area contributed by atoms with Gasteiger partial charge in [0.05, 0.1) is 0 Å². The fourth-order valence-electron chi connectivity index (χ4n) is 2.02. The van der Waals surface area contributed by atoms with E-state index in [1.54, 1.807) is 4.52 Å². The van der Waals surface area contributed by atoms with Crippen LogP contribution >= 0.6 is 0 Å². The lowest BCUT2D eigenvalue weighted by molar-refractivity contribution is 0.829. The fourth-order valence-corrected chi connectivity index (χ4v) is 2.02. The second-order valence-corrected chi connectivity index (χ2v) is 4.51. The molecular weight excluding hydrogens is 238 g/mol. The lowest BCUT2D eigenvalue weighted by Gasteiger charge is -2.14. The van der Waals surface area contributed by atoms with Crippen LogP contribution in [0.4, 0.5) is 5.82 Å². The van der Waals surface area contributed by atoms with Crippen molar-refractivity contribution >= 4 is 11.5 Å². The number of aryl methyl sites for hydroxylation is 1. The molecule has 0 unspecified atom stereocenters. The second kappa shape index (κ2) is 4.68. The molecule has 2 aromatic heterocycles. The number of hydrogen-bond acceptors (Lipinski definition) is 4. The number of nitrogens with zero attached hydrogens (tertiary/aromatic N) is 4. The number of anilines is 1. The van der Waals surface area contributed by atoms with Crippen molar-refractivity contribution in [2.75, 3.05) is 5.32 Å². The molecule has 1 atom stereocenters. The minimum absolute atomic E-state index is 0.197. The molecule has 0 aliphatic heterocycles. The Morgan fingerprint density at radius 1 is 1.05 bits per heavy atom. The highest BCUT2D eigenvalue weighted by Crippen LogP contribution is 2.17. The van der Waals surface area contributed by atoms with Gasteiger partial charge in [-0.1, -0.05) is 30.3 Å². The van der Waals surface area contributed by atoms with Gasteiger partial charge in [0.2, 0.25) is 0 Å². The summed E-state index contributed by atoms with van der Waals surface area (Å²) in [5, 5.41) is 15.9. The Labute approximate surface area is 111 Å². The highest BCUT2D eigenvalue weighted by molar-refractivity contribution is 5.45. The van der Waals surface area contributed by atoms with Crippen molar-refractivity contribution in [1.29, 1.82) is 0 Å². The largest absolute Gasteiger partial charge is 0.362 e. The summed E-state index contributed by atoms with van der Waals surface area (Å²) in [6.45, 7) is 4.00. The van der Waals surface area contributed by atoms with E-state index in [4.69, 9.17) is 0 Å². The van der Waals surface area contributed by atoms with Gasteiger partial charge in [-0.3, -0.25) is 0 Å². The van der Waals surface area contributed by atoms with Gasteiger partial charge in [0, 0.05) is 6.04 Å². The van der Waals surface area contributed by atoms with Gasteiger partial charge in [-0.15, -0.1) is 15.3 Å². The minimum Gasteiger partial charge on any atom is -0.362 e. The number of rotatable bonds is 3. The highest BCUT2D eigenvalue weighted by atomic mass is 15.4. The molecule has 0 amide bonds. The molecule has 1 aromatic carbocycles. The standard InChI is InChI=1S/C14H15N5/c1-10(12-6-4-3-5-7-12)15-13-8-9-14-17-16-11(2)19(14)18-13/h3-10H,1-2H3,(H,15,18)/t10-/m0/s1. The van der Waals surface area contributed by atoms with Gasteiger partial charge >= 0.3 is 0 Å². The third kappa shape index (κ3) is 2.27. The number of aromatic nitrogens is 4. The van der Waals surface area contributed by atoms with E-state index in [-0.39, 0.29) is 6.04 Å². The summed E-state index contributed by atoms with van der Waals surface area (Å²) in [6.07, 6.45) is 0. The van der Waals surface area contributed by atoms with Gasteiger partial charge in [-0.05, 0) is 31.5 Å². The molecule has 1 N–H and O–H groups in total. The zero-order valence-corrected chi connectivity index (χ0v) is 10.9. The molecule has 3 aromatic rings. The van der Waals surface area contributed by atoms with Gasteiger partial charge in [0.1, 0.15) is 5.82 Å². The van der Waals surface area contributed by atoms with Gasteiger partial charge in [-0.25, -0.2) is 0 Å². The molecule has 0 aliphatic carbocycles. The van der Waals surface area contributed by atoms with E-state index in [9.17, 15) is 0 Å². The molecule has 5 heteroatoms. The summed E-state index contributed by atoms with van der Waals surface area (Å²) in [5.74, 6) is 1.60. The molecular formula is C14H15N5. The molecule has 0 spiro atoms. The van der Waals surface area contributed by atoms with Crippen LogP contribution in [0.2, 0.25) is 0 Å². The highest BCUT2D eigenvalue weighted by Gasteiger charge is 2.07. The van der Waals surface area contributed by atoms with E-state index in [1.165, 1.54) is 5.56 Å². The average molecular weight is 253 g/mol. The maximum absolute atomic E-state index is 4.48. The first-order valence-electron chi connectivity index (χ1n) is 6.24.